The minimum absolute atomic E-state index is 0. The van der Waals surface area contributed by atoms with Crippen LogP contribution in [0.2, 0.25) is 10.0 Å². The largest absolute Gasteiger partial charge is 0.382 e. The smallest absolute Gasteiger partial charge is 0.290 e. The van der Waals surface area contributed by atoms with Gasteiger partial charge in [0.15, 0.2) is 24.7 Å². The molecular weight excluding hydrogens is 707 g/mol. The molecule has 2 aliphatic rings. The Morgan fingerprint density at radius 1 is 0.619 bits per heavy atom. The molecule has 42 heavy (non-hydrogen) atoms. The zero-order chi connectivity index (χ0) is 27.6. The molecule has 0 amide bonds. The van der Waals surface area contributed by atoms with E-state index in [-0.39, 0.29) is 58.6 Å². The van der Waals surface area contributed by atoms with E-state index in [1.807, 2.05) is 9.36 Å². The van der Waals surface area contributed by atoms with Gasteiger partial charge in [-0.15, -0.1) is 43.3 Å². The van der Waals surface area contributed by atoms with Crippen LogP contribution in [0.4, 0.5) is 0 Å². The predicted octanol–water partition coefficient (Wildman–Crippen LogP) is 6.00. The van der Waals surface area contributed by atoms with Crippen molar-refractivity contribution in [3.63, 3.8) is 0 Å². The first-order valence-electron chi connectivity index (χ1n) is 14.0. The number of aromatic nitrogens is 6. The van der Waals surface area contributed by atoms with Gasteiger partial charge in [-0.05, 0) is 87.1 Å². The number of carbonyl (C=O) groups is 2. The summed E-state index contributed by atoms with van der Waals surface area (Å²) in [6, 6.07) is 14.0. The molecule has 8 nitrogen and oxygen atoms in total. The van der Waals surface area contributed by atoms with Crippen LogP contribution in [-0.4, -0.2) is 31.1 Å². The summed E-state index contributed by atoms with van der Waals surface area (Å²) >= 11 is 12.1. The maximum absolute atomic E-state index is 13.2. The van der Waals surface area contributed by atoms with Gasteiger partial charge in [-0.1, -0.05) is 23.2 Å². The van der Waals surface area contributed by atoms with E-state index < -0.39 is 0 Å². The molecule has 2 aromatic heterocycles. The quantitative estimate of drug-likeness (QED) is 0.172. The molecule has 0 N–H and O–H groups in total. The average Bonchev–Trinajstić information content (AvgIpc) is 3.21. The molecular formula is C30H34Br2Cl2N6O2+2. The maximum atomic E-state index is 13.2. The number of nitrogens with zero attached hydrogens (tertiary/aromatic N) is 6. The number of ketones is 2. The number of benzene rings is 2. The molecule has 0 spiro atoms. The summed E-state index contributed by atoms with van der Waals surface area (Å²) in [5, 5.41) is 11.2. The van der Waals surface area contributed by atoms with Gasteiger partial charge in [0.25, 0.3) is 0 Å². The summed E-state index contributed by atoms with van der Waals surface area (Å²) < 4.78 is 8.21. The molecule has 6 rings (SSSR count). The lowest BCUT2D eigenvalue weighted by molar-refractivity contribution is -0.721. The molecule has 222 valence electrons. The number of halogens is 4. The number of hydrogen-bond donors (Lipinski definition) is 0. The number of Topliss-reactive ketones (excluding diaryl/α,β-unsaturated/α-hetero) is 2. The normalized spacial score (nSPS) is 14.4. The Bertz CT molecular complexity index is 1450. The average molecular weight is 741 g/mol. The second kappa shape index (κ2) is 14.4. The van der Waals surface area contributed by atoms with E-state index in [4.69, 9.17) is 33.4 Å². The summed E-state index contributed by atoms with van der Waals surface area (Å²) in [7, 11) is 0. The van der Waals surface area contributed by atoms with Crippen molar-refractivity contribution in [2.24, 2.45) is 0 Å². The van der Waals surface area contributed by atoms with E-state index in [9.17, 15) is 9.59 Å². The summed E-state index contributed by atoms with van der Waals surface area (Å²) in [6.07, 6.45) is 8.15. The summed E-state index contributed by atoms with van der Waals surface area (Å²) in [4.78, 5) is 26.4. The van der Waals surface area contributed by atoms with Crippen LogP contribution in [0.5, 0.6) is 0 Å². The van der Waals surface area contributed by atoms with Gasteiger partial charge in [-0.2, -0.15) is 0 Å². The van der Waals surface area contributed by atoms with Gasteiger partial charge < -0.3 is 0 Å². The Hall–Kier alpha value is -2.40. The van der Waals surface area contributed by atoms with Crippen LogP contribution in [0.1, 0.15) is 70.9 Å². The van der Waals surface area contributed by atoms with Gasteiger partial charge in [0, 0.05) is 34.0 Å². The number of hydrogen-bond acceptors (Lipinski definition) is 4. The molecule has 2 aliphatic heterocycles. The van der Waals surface area contributed by atoms with Gasteiger partial charge in [0.2, 0.25) is 11.6 Å². The van der Waals surface area contributed by atoms with Gasteiger partial charge in [-0.3, -0.25) is 9.59 Å². The Morgan fingerprint density at radius 3 is 1.38 bits per heavy atom. The van der Waals surface area contributed by atoms with Crippen LogP contribution in [0.3, 0.4) is 0 Å². The van der Waals surface area contributed by atoms with Crippen molar-refractivity contribution in [3.8, 4) is 11.6 Å². The van der Waals surface area contributed by atoms with Crippen molar-refractivity contribution in [2.45, 2.75) is 77.5 Å². The van der Waals surface area contributed by atoms with Crippen molar-refractivity contribution in [1.29, 1.82) is 0 Å². The minimum atomic E-state index is -0.0102. The molecule has 0 fully saturated rings. The highest BCUT2D eigenvalue weighted by molar-refractivity contribution is 8.93. The van der Waals surface area contributed by atoms with Crippen molar-refractivity contribution in [1.82, 2.24) is 19.6 Å². The van der Waals surface area contributed by atoms with Gasteiger partial charge in [0.1, 0.15) is 0 Å². The van der Waals surface area contributed by atoms with Crippen LogP contribution in [0, 0.1) is 0 Å². The second-order valence-corrected chi connectivity index (χ2v) is 11.5. The lowest BCUT2D eigenvalue weighted by Gasteiger charge is -2.02. The summed E-state index contributed by atoms with van der Waals surface area (Å²) in [5.74, 6) is 3.60. The standard InChI is InChI=1S/C30H32Cl2N6O2.2BrH/c31-23-13-9-21(10-14-23)25(39)19-37-27-7-3-1-5-17-35(27)29(33-37)30-34-38(28-8-4-2-6-18-36(28)30)20-26(40)22-11-15-24(32)16-12-22;;/h9-16H,1-8,17-20H2;2*1H/q+2;;. The van der Waals surface area contributed by atoms with Crippen molar-refractivity contribution < 1.29 is 18.7 Å². The van der Waals surface area contributed by atoms with Gasteiger partial charge >= 0.3 is 11.6 Å². The van der Waals surface area contributed by atoms with Gasteiger partial charge in [-0.25, -0.2) is 9.13 Å². The third-order valence-corrected chi connectivity index (χ3v) is 8.35. The Balaban J connectivity index is 0.00000202. The highest BCUT2D eigenvalue weighted by Crippen LogP contribution is 2.20. The zero-order valence-corrected chi connectivity index (χ0v) is 28.1. The van der Waals surface area contributed by atoms with Crippen LogP contribution >= 0.6 is 57.2 Å². The molecule has 0 bridgehead atoms. The second-order valence-electron chi connectivity index (χ2n) is 10.6. The van der Waals surface area contributed by atoms with Crippen molar-refractivity contribution >= 4 is 68.7 Å². The highest BCUT2D eigenvalue weighted by Gasteiger charge is 2.39. The Labute approximate surface area is 276 Å². The SMILES string of the molecule is Br.Br.O=C(Cn1nc(-c2nn(CC(=O)c3ccc(Cl)cc3)c3[n+]2CCCCC3)[n+]2c1CCCCC2)c1ccc(Cl)cc1. The molecule has 0 radical (unpaired) electrons. The Kier molecular flexibility index (Phi) is 11.1. The third kappa shape index (κ3) is 6.87. The lowest BCUT2D eigenvalue weighted by atomic mass is 10.1. The fourth-order valence-corrected chi connectivity index (χ4v) is 6.00. The third-order valence-electron chi connectivity index (χ3n) is 7.84. The molecule has 12 heteroatoms. The number of rotatable bonds is 7. The van der Waals surface area contributed by atoms with Crippen molar-refractivity contribution in [2.75, 3.05) is 0 Å². The molecule has 0 aliphatic carbocycles. The van der Waals surface area contributed by atoms with E-state index in [2.05, 4.69) is 9.13 Å². The predicted molar refractivity (Wildman–Crippen MR) is 171 cm³/mol. The van der Waals surface area contributed by atoms with E-state index in [0.717, 1.165) is 87.8 Å². The number of carbonyl (C=O) groups excluding carboxylic acids is 2. The Morgan fingerprint density at radius 2 is 1.00 bits per heavy atom. The monoisotopic (exact) mass is 738 g/mol. The minimum Gasteiger partial charge on any atom is -0.290 e. The van der Waals surface area contributed by atoms with E-state index in [1.54, 1.807) is 48.5 Å². The lowest BCUT2D eigenvalue weighted by Crippen LogP contribution is -2.44. The molecule has 4 heterocycles. The maximum Gasteiger partial charge on any atom is 0.382 e. The molecule has 0 saturated carbocycles. The molecule has 2 aromatic carbocycles. The molecule has 0 atom stereocenters. The van der Waals surface area contributed by atoms with Crippen LogP contribution in [0.25, 0.3) is 11.6 Å². The first-order chi connectivity index (χ1) is 19.5. The van der Waals surface area contributed by atoms with Crippen molar-refractivity contribution in [3.05, 3.63) is 81.4 Å². The topological polar surface area (TPSA) is 77.5 Å². The van der Waals surface area contributed by atoms with Crippen LogP contribution in [0.15, 0.2) is 48.5 Å². The van der Waals surface area contributed by atoms with Crippen LogP contribution in [-0.2, 0) is 39.0 Å². The van der Waals surface area contributed by atoms with Gasteiger partial charge in [0.05, 0.1) is 23.3 Å². The highest BCUT2D eigenvalue weighted by atomic mass is 79.9. The zero-order valence-electron chi connectivity index (χ0n) is 23.2. The molecule has 0 unspecified atom stereocenters. The fourth-order valence-electron chi connectivity index (χ4n) is 5.74. The van der Waals surface area contributed by atoms with E-state index >= 15 is 0 Å². The molecule has 4 aromatic rings. The first kappa shape index (κ1) is 32.5. The van der Waals surface area contributed by atoms with Crippen LogP contribution < -0.4 is 9.13 Å². The number of fused-ring (bicyclic) bond motifs is 2. The van der Waals surface area contributed by atoms with E-state index in [0.29, 0.717) is 21.2 Å². The first-order valence-corrected chi connectivity index (χ1v) is 14.8. The van der Waals surface area contributed by atoms with E-state index in [1.165, 1.54) is 0 Å². The summed E-state index contributed by atoms with van der Waals surface area (Å²) in [5.41, 5.74) is 1.23. The summed E-state index contributed by atoms with van der Waals surface area (Å²) in [6.45, 7) is 1.95. The molecule has 0 saturated heterocycles. The fraction of sp³-hybridized carbons (Fsp3) is 0.400.